The lowest BCUT2D eigenvalue weighted by molar-refractivity contribution is -0.136. The fourth-order valence-corrected chi connectivity index (χ4v) is 3.33. The van der Waals surface area contributed by atoms with E-state index in [1.807, 2.05) is 6.92 Å². The van der Waals surface area contributed by atoms with Crippen LogP contribution in [0.25, 0.3) is 10.6 Å². The molecule has 1 atom stereocenters. The fourth-order valence-electron chi connectivity index (χ4n) is 2.31. The Hall–Kier alpha value is -2.18. The van der Waals surface area contributed by atoms with E-state index in [2.05, 4.69) is 4.98 Å². The Morgan fingerprint density at radius 3 is 2.71 bits per heavy atom. The van der Waals surface area contributed by atoms with Crippen molar-refractivity contribution >= 4 is 28.9 Å². The number of hydrogen-bond donors (Lipinski definition) is 0. The monoisotopic (exact) mass is 365 g/mol. The molecule has 0 aliphatic heterocycles. The van der Waals surface area contributed by atoms with Crippen molar-refractivity contribution in [2.24, 2.45) is 0 Å². The molecule has 2 aromatic heterocycles. The van der Waals surface area contributed by atoms with Crippen LogP contribution in [-0.2, 0) is 4.79 Å². The van der Waals surface area contributed by atoms with Gasteiger partial charge in [0.1, 0.15) is 5.82 Å². The number of benzene rings is 1. The van der Waals surface area contributed by atoms with Crippen LogP contribution in [0.4, 0.5) is 4.39 Å². The molecule has 7 heteroatoms. The number of aromatic nitrogens is 1. The van der Waals surface area contributed by atoms with E-state index in [1.165, 1.54) is 29.9 Å². The van der Waals surface area contributed by atoms with Crippen molar-refractivity contribution in [2.75, 3.05) is 0 Å². The number of carbonyl (C=O) groups excluding carboxylic acids is 1. The van der Waals surface area contributed by atoms with Gasteiger partial charge in [0.15, 0.2) is 6.39 Å². The first-order chi connectivity index (χ1) is 11.6. The first-order valence-electron chi connectivity index (χ1n) is 7.24. The molecule has 1 aromatic carbocycles. The standard InChI is InChI=1S/C17H13ClFNO3S/c1-2-12(10-3-5-11(19)6-4-10)17(21)23-16-15(22-9-20-16)13-7-8-14(18)24-13/h3-9,12H,2H2,1H3. The number of esters is 1. The van der Waals surface area contributed by atoms with Gasteiger partial charge in [-0.05, 0) is 36.2 Å². The second-order valence-electron chi connectivity index (χ2n) is 5.02. The first-order valence-corrected chi connectivity index (χ1v) is 8.44. The normalized spacial score (nSPS) is 12.1. The summed E-state index contributed by atoms with van der Waals surface area (Å²) < 4.78 is 24.4. The minimum atomic E-state index is -0.512. The van der Waals surface area contributed by atoms with E-state index in [0.29, 0.717) is 22.1 Å². The van der Waals surface area contributed by atoms with E-state index in [-0.39, 0.29) is 11.7 Å². The lowest BCUT2D eigenvalue weighted by Crippen LogP contribution is -2.18. The molecule has 0 fully saturated rings. The predicted molar refractivity (Wildman–Crippen MR) is 89.9 cm³/mol. The summed E-state index contributed by atoms with van der Waals surface area (Å²) in [6, 6.07) is 9.28. The van der Waals surface area contributed by atoms with Crippen molar-refractivity contribution in [3.8, 4) is 16.5 Å². The quantitative estimate of drug-likeness (QED) is 0.576. The first kappa shape index (κ1) is 16.7. The van der Waals surface area contributed by atoms with E-state index < -0.39 is 11.9 Å². The highest BCUT2D eigenvalue weighted by Crippen LogP contribution is 2.36. The smallest absolute Gasteiger partial charge is 0.320 e. The zero-order valence-corrected chi connectivity index (χ0v) is 14.2. The Labute approximate surface area is 146 Å². The molecule has 1 unspecified atom stereocenters. The molecule has 24 heavy (non-hydrogen) atoms. The van der Waals surface area contributed by atoms with Crippen molar-refractivity contribution in [3.05, 3.63) is 58.5 Å². The lowest BCUT2D eigenvalue weighted by atomic mass is 9.97. The van der Waals surface area contributed by atoms with Gasteiger partial charge in [-0.2, -0.15) is 4.98 Å². The highest BCUT2D eigenvalue weighted by molar-refractivity contribution is 7.19. The second kappa shape index (κ2) is 7.15. The number of oxazole rings is 1. The Morgan fingerprint density at radius 1 is 1.33 bits per heavy atom. The number of thiophene rings is 1. The Bertz CT molecular complexity index is 844. The van der Waals surface area contributed by atoms with Gasteiger partial charge in [0.2, 0.25) is 5.76 Å². The molecule has 0 aliphatic rings. The summed E-state index contributed by atoms with van der Waals surface area (Å²) >= 11 is 7.22. The molecule has 0 amide bonds. The Kier molecular flexibility index (Phi) is 4.97. The molecule has 0 N–H and O–H groups in total. The third kappa shape index (κ3) is 3.49. The molecule has 3 rings (SSSR count). The Morgan fingerprint density at radius 2 is 2.08 bits per heavy atom. The Balaban J connectivity index is 1.81. The molecule has 0 bridgehead atoms. The van der Waals surface area contributed by atoms with Crippen molar-refractivity contribution in [2.45, 2.75) is 19.3 Å². The zero-order chi connectivity index (χ0) is 17.1. The minimum Gasteiger partial charge on any atom is -0.438 e. The van der Waals surface area contributed by atoms with Gasteiger partial charge < -0.3 is 9.15 Å². The summed E-state index contributed by atoms with van der Waals surface area (Å²) in [6.45, 7) is 1.86. The number of hydrogen-bond acceptors (Lipinski definition) is 5. The molecule has 0 aliphatic carbocycles. The van der Waals surface area contributed by atoms with Gasteiger partial charge in [-0.25, -0.2) is 4.39 Å². The van der Waals surface area contributed by atoms with E-state index in [0.717, 1.165) is 4.88 Å². The van der Waals surface area contributed by atoms with Crippen LogP contribution >= 0.6 is 22.9 Å². The van der Waals surface area contributed by atoms with E-state index >= 15 is 0 Å². The van der Waals surface area contributed by atoms with Gasteiger partial charge >= 0.3 is 5.97 Å². The van der Waals surface area contributed by atoms with Crippen molar-refractivity contribution in [3.63, 3.8) is 0 Å². The fraction of sp³-hybridized carbons (Fsp3) is 0.176. The maximum atomic E-state index is 13.1. The van der Waals surface area contributed by atoms with Gasteiger partial charge in [0, 0.05) is 0 Å². The largest absolute Gasteiger partial charge is 0.438 e. The van der Waals surface area contributed by atoms with E-state index in [4.69, 9.17) is 20.8 Å². The number of halogens is 2. The van der Waals surface area contributed by atoms with Gasteiger partial charge in [-0.15, -0.1) is 11.3 Å². The van der Waals surface area contributed by atoms with Crippen LogP contribution in [0.1, 0.15) is 24.8 Å². The van der Waals surface area contributed by atoms with Crippen LogP contribution in [0.3, 0.4) is 0 Å². The maximum Gasteiger partial charge on any atom is 0.320 e. The molecule has 2 heterocycles. The summed E-state index contributed by atoms with van der Waals surface area (Å²) in [6.07, 6.45) is 1.73. The van der Waals surface area contributed by atoms with Crippen LogP contribution in [0.5, 0.6) is 5.88 Å². The second-order valence-corrected chi connectivity index (χ2v) is 6.74. The van der Waals surface area contributed by atoms with Crippen molar-refractivity contribution in [1.29, 1.82) is 0 Å². The summed E-state index contributed by atoms with van der Waals surface area (Å²) in [5.41, 5.74) is 0.688. The lowest BCUT2D eigenvalue weighted by Gasteiger charge is -2.13. The SMILES string of the molecule is CCC(C(=O)Oc1ncoc1-c1ccc(Cl)s1)c1ccc(F)cc1. The molecule has 0 radical (unpaired) electrons. The topological polar surface area (TPSA) is 52.3 Å². The molecule has 3 aromatic rings. The summed E-state index contributed by atoms with van der Waals surface area (Å²) in [5, 5.41) is 0. The molecule has 0 saturated heterocycles. The molecule has 0 saturated carbocycles. The van der Waals surface area contributed by atoms with Crippen LogP contribution in [0.15, 0.2) is 47.2 Å². The van der Waals surface area contributed by atoms with Gasteiger partial charge in [-0.1, -0.05) is 30.7 Å². The van der Waals surface area contributed by atoms with Gasteiger partial charge in [0.25, 0.3) is 5.88 Å². The molecule has 124 valence electrons. The highest BCUT2D eigenvalue weighted by atomic mass is 35.5. The van der Waals surface area contributed by atoms with Gasteiger partial charge in [0.05, 0.1) is 15.1 Å². The van der Waals surface area contributed by atoms with Crippen LogP contribution in [-0.4, -0.2) is 11.0 Å². The van der Waals surface area contributed by atoms with E-state index in [1.54, 1.807) is 24.3 Å². The average Bonchev–Trinajstić information content (AvgIpc) is 3.18. The summed E-state index contributed by atoms with van der Waals surface area (Å²) in [5.74, 6) is -0.882. The third-order valence-electron chi connectivity index (χ3n) is 3.49. The highest BCUT2D eigenvalue weighted by Gasteiger charge is 2.24. The summed E-state index contributed by atoms with van der Waals surface area (Å²) in [4.78, 5) is 17.2. The number of ether oxygens (including phenoxy) is 1. The van der Waals surface area contributed by atoms with Crippen LogP contribution in [0.2, 0.25) is 4.34 Å². The predicted octanol–water partition coefficient (Wildman–Crippen LogP) is 5.29. The van der Waals surface area contributed by atoms with E-state index in [9.17, 15) is 9.18 Å². The third-order valence-corrected chi connectivity index (χ3v) is 4.72. The van der Waals surface area contributed by atoms with Crippen molar-refractivity contribution < 1.29 is 18.3 Å². The van der Waals surface area contributed by atoms with Gasteiger partial charge in [-0.3, -0.25) is 4.79 Å². The molecular formula is C17H13ClFNO3S. The molecular weight excluding hydrogens is 353 g/mol. The average molecular weight is 366 g/mol. The molecule has 4 nitrogen and oxygen atoms in total. The maximum absolute atomic E-state index is 13.1. The number of rotatable bonds is 5. The van der Waals surface area contributed by atoms with Crippen molar-refractivity contribution in [1.82, 2.24) is 4.98 Å². The molecule has 0 spiro atoms. The minimum absolute atomic E-state index is 0.0964. The van der Waals surface area contributed by atoms with Crippen LogP contribution in [0, 0.1) is 5.82 Å². The summed E-state index contributed by atoms with van der Waals surface area (Å²) in [7, 11) is 0. The number of nitrogens with zero attached hydrogens (tertiary/aromatic N) is 1. The number of carbonyl (C=O) groups is 1. The van der Waals surface area contributed by atoms with Crippen LogP contribution < -0.4 is 4.74 Å². The zero-order valence-electron chi connectivity index (χ0n) is 12.7.